The quantitative estimate of drug-likeness (QED) is 0.334. The fourth-order valence-electron chi connectivity index (χ4n) is 5.57. The van der Waals surface area contributed by atoms with E-state index in [4.69, 9.17) is 25.5 Å². The third kappa shape index (κ3) is 6.90. The van der Waals surface area contributed by atoms with Crippen LogP contribution in [0.25, 0.3) is 0 Å². The van der Waals surface area contributed by atoms with Gasteiger partial charge in [0, 0.05) is 43.4 Å². The summed E-state index contributed by atoms with van der Waals surface area (Å²) in [5.41, 5.74) is 3.81. The van der Waals surface area contributed by atoms with Crippen LogP contribution in [-0.2, 0) is 20.5 Å². The molecule has 0 saturated carbocycles. The van der Waals surface area contributed by atoms with E-state index in [1.54, 1.807) is 24.3 Å². The van der Waals surface area contributed by atoms with E-state index in [1.807, 2.05) is 17.1 Å². The highest BCUT2D eigenvalue weighted by molar-refractivity contribution is 6.74. The number of rotatable bonds is 8. The summed E-state index contributed by atoms with van der Waals surface area (Å²) in [5.74, 6) is 0.440. The van der Waals surface area contributed by atoms with Gasteiger partial charge in [0.25, 0.3) is 5.91 Å². The molecule has 3 amide bonds. The SMILES string of the molecule is COc1ccc(Cl)c(N2CCCN2C(=O)CNC(=O)NCc2ccc3c(c2)[C@H]2C[C@@H](N3)[C@H](O[Si](C)(C)C(C)(C)C)CO2)c1. The van der Waals surface area contributed by atoms with E-state index in [2.05, 4.69) is 61.9 Å². The number of nitrogens with one attached hydrogen (secondary N) is 3. The average Bonchev–Trinajstić information content (AvgIpc) is 3.46. The predicted molar refractivity (Wildman–Crippen MR) is 171 cm³/mol. The first-order valence-electron chi connectivity index (χ1n) is 15.0. The Morgan fingerprint density at radius 3 is 2.67 bits per heavy atom. The molecule has 0 unspecified atom stereocenters. The Morgan fingerprint density at radius 1 is 1.14 bits per heavy atom. The number of methoxy groups -OCH3 is 1. The van der Waals surface area contributed by atoms with Gasteiger partial charge in [-0.3, -0.25) is 14.8 Å². The second kappa shape index (κ2) is 12.5. The van der Waals surface area contributed by atoms with Crippen LogP contribution in [0.4, 0.5) is 16.2 Å². The molecular formula is C31H44ClN5O5Si. The number of anilines is 2. The minimum absolute atomic E-state index is 0.00610. The van der Waals surface area contributed by atoms with Crippen molar-refractivity contribution in [2.24, 2.45) is 0 Å². The van der Waals surface area contributed by atoms with Gasteiger partial charge in [0.2, 0.25) is 0 Å². The Labute approximate surface area is 260 Å². The van der Waals surface area contributed by atoms with E-state index in [0.717, 1.165) is 29.7 Å². The molecule has 10 nitrogen and oxygen atoms in total. The number of hydrazine groups is 1. The Kier molecular flexibility index (Phi) is 9.17. The van der Waals surface area contributed by atoms with E-state index in [9.17, 15) is 9.59 Å². The molecule has 3 aliphatic rings. The maximum Gasteiger partial charge on any atom is 0.315 e. The summed E-state index contributed by atoms with van der Waals surface area (Å²) < 4.78 is 18.3. The standard InChI is InChI=1S/C31H44ClN5O5Si/c1-31(2,3)43(5,6)42-28-19-41-27-16-25(28)35-24-11-8-20(14-22(24)27)17-33-30(39)34-18-29(38)37-13-7-12-36(37)26-15-21(40-4)9-10-23(26)32/h8-11,14-15,25,27-28,35H,7,12-13,16-19H2,1-6H3,(H2,33,34,39)/t25-,27-,28-/m1/s1. The summed E-state index contributed by atoms with van der Waals surface area (Å²) in [6.45, 7) is 13.3. The minimum atomic E-state index is -1.92. The Bertz CT molecular complexity index is 1350. The molecular weight excluding hydrogens is 586 g/mol. The van der Waals surface area contributed by atoms with Crippen LogP contribution in [-0.4, -0.2) is 70.8 Å². The molecule has 2 aromatic rings. The van der Waals surface area contributed by atoms with Gasteiger partial charge in [-0.15, -0.1) is 0 Å². The lowest BCUT2D eigenvalue weighted by Gasteiger charge is -2.47. The summed E-state index contributed by atoms with van der Waals surface area (Å²) in [5, 5.41) is 13.4. The number of hydrogen-bond acceptors (Lipinski definition) is 7. The van der Waals surface area contributed by atoms with Crippen molar-refractivity contribution >= 4 is 43.2 Å². The molecule has 0 radical (unpaired) electrons. The maximum atomic E-state index is 13.0. The molecule has 2 saturated heterocycles. The van der Waals surface area contributed by atoms with Gasteiger partial charge in [-0.2, -0.15) is 0 Å². The first kappa shape index (κ1) is 31.4. The summed E-state index contributed by atoms with van der Waals surface area (Å²) in [6.07, 6.45) is 1.67. The largest absolute Gasteiger partial charge is 0.497 e. The van der Waals surface area contributed by atoms with Crippen molar-refractivity contribution in [3.63, 3.8) is 0 Å². The first-order chi connectivity index (χ1) is 20.4. The van der Waals surface area contributed by atoms with Gasteiger partial charge >= 0.3 is 6.03 Å². The lowest BCUT2D eigenvalue weighted by atomic mass is 9.89. The Balaban J connectivity index is 1.13. The molecule has 0 aromatic heterocycles. The van der Waals surface area contributed by atoms with Crippen LogP contribution in [0.5, 0.6) is 5.75 Å². The monoisotopic (exact) mass is 629 g/mol. The van der Waals surface area contributed by atoms with Crippen LogP contribution >= 0.6 is 11.6 Å². The van der Waals surface area contributed by atoms with Gasteiger partial charge in [-0.1, -0.05) is 38.4 Å². The van der Waals surface area contributed by atoms with Gasteiger partial charge in [-0.05, 0) is 54.4 Å². The van der Waals surface area contributed by atoms with Gasteiger partial charge in [0.15, 0.2) is 8.32 Å². The maximum absolute atomic E-state index is 13.0. The number of carbonyl (C=O) groups is 2. The second-order valence-corrected chi connectivity index (χ2v) is 18.2. The lowest BCUT2D eigenvalue weighted by molar-refractivity contribution is -0.129. The zero-order valence-electron chi connectivity index (χ0n) is 26.0. The highest BCUT2D eigenvalue weighted by atomic mass is 35.5. The lowest BCUT2D eigenvalue weighted by Crippen LogP contribution is -2.54. The average molecular weight is 630 g/mol. The van der Waals surface area contributed by atoms with E-state index in [-0.39, 0.29) is 35.7 Å². The van der Waals surface area contributed by atoms with E-state index in [0.29, 0.717) is 42.7 Å². The Hall–Kier alpha value is -2.99. The Morgan fingerprint density at radius 2 is 1.93 bits per heavy atom. The molecule has 12 heteroatoms. The van der Waals surface area contributed by atoms with Gasteiger partial charge in [-0.25, -0.2) is 4.79 Å². The van der Waals surface area contributed by atoms with Crippen molar-refractivity contribution in [1.82, 2.24) is 15.6 Å². The van der Waals surface area contributed by atoms with E-state index in [1.165, 1.54) is 0 Å². The number of carbonyl (C=O) groups excluding carboxylic acids is 2. The highest BCUT2D eigenvalue weighted by Gasteiger charge is 2.44. The summed E-state index contributed by atoms with van der Waals surface area (Å²) in [4.78, 5) is 25.6. The molecule has 2 bridgehead atoms. The van der Waals surface area contributed by atoms with Crippen LogP contribution < -0.4 is 25.7 Å². The molecule has 3 atom stereocenters. The third-order valence-corrected chi connectivity index (χ3v) is 13.9. The molecule has 5 rings (SSSR count). The predicted octanol–water partition coefficient (Wildman–Crippen LogP) is 5.45. The number of benzene rings is 2. The molecule has 0 spiro atoms. The van der Waals surface area contributed by atoms with Crippen LogP contribution in [0.2, 0.25) is 23.2 Å². The summed E-state index contributed by atoms with van der Waals surface area (Å²) in [6, 6.07) is 11.3. The van der Waals surface area contributed by atoms with Gasteiger partial charge in [0.1, 0.15) is 12.3 Å². The second-order valence-electron chi connectivity index (χ2n) is 13.0. The molecule has 3 heterocycles. The van der Waals surface area contributed by atoms with Crippen molar-refractivity contribution in [3.8, 4) is 5.75 Å². The minimum Gasteiger partial charge on any atom is -0.497 e. The van der Waals surface area contributed by atoms with Crippen LogP contribution in [0.3, 0.4) is 0 Å². The summed E-state index contributed by atoms with van der Waals surface area (Å²) >= 11 is 6.42. The fourth-order valence-corrected chi connectivity index (χ4v) is 7.13. The van der Waals surface area contributed by atoms with Crippen molar-refractivity contribution in [2.75, 3.05) is 43.7 Å². The zero-order valence-corrected chi connectivity index (χ0v) is 27.7. The molecule has 3 aliphatic heterocycles. The van der Waals surface area contributed by atoms with Crippen LogP contribution in [0, 0.1) is 0 Å². The number of amides is 3. The van der Waals surface area contributed by atoms with Crippen LogP contribution in [0.15, 0.2) is 36.4 Å². The highest BCUT2D eigenvalue weighted by Crippen LogP contribution is 2.43. The molecule has 43 heavy (non-hydrogen) atoms. The van der Waals surface area contributed by atoms with Gasteiger partial charge in [0.05, 0.1) is 42.7 Å². The van der Waals surface area contributed by atoms with Crippen molar-refractivity contribution in [2.45, 2.75) is 76.5 Å². The van der Waals surface area contributed by atoms with Crippen molar-refractivity contribution in [1.29, 1.82) is 0 Å². The first-order valence-corrected chi connectivity index (χ1v) is 18.3. The van der Waals surface area contributed by atoms with E-state index < -0.39 is 14.3 Å². The number of fused-ring (bicyclic) bond motifs is 4. The molecule has 2 fully saturated rings. The number of urea groups is 1. The van der Waals surface area contributed by atoms with Gasteiger partial charge < -0.3 is 29.9 Å². The van der Waals surface area contributed by atoms with Crippen molar-refractivity contribution in [3.05, 3.63) is 52.5 Å². The number of nitrogens with zero attached hydrogens (tertiary/aromatic N) is 2. The van der Waals surface area contributed by atoms with E-state index >= 15 is 0 Å². The summed E-state index contributed by atoms with van der Waals surface area (Å²) in [7, 11) is -0.333. The molecule has 0 aliphatic carbocycles. The van der Waals surface area contributed by atoms with Crippen LogP contribution in [0.1, 0.15) is 50.8 Å². The number of halogens is 1. The molecule has 3 N–H and O–H groups in total. The fraction of sp³-hybridized carbons (Fsp3) is 0.548. The normalized spacial score (nSPS) is 21.6. The topological polar surface area (TPSA) is 104 Å². The smallest absolute Gasteiger partial charge is 0.315 e. The molecule has 2 aromatic carbocycles. The molecule has 234 valence electrons. The zero-order chi connectivity index (χ0) is 30.9. The number of ether oxygens (including phenoxy) is 2. The number of hydrogen-bond donors (Lipinski definition) is 3. The van der Waals surface area contributed by atoms with Crippen molar-refractivity contribution < 1.29 is 23.5 Å². The third-order valence-electron chi connectivity index (χ3n) is 9.04.